The van der Waals surface area contributed by atoms with Crippen LogP contribution in [-0.4, -0.2) is 43.5 Å². The van der Waals surface area contributed by atoms with Crippen LogP contribution in [0, 0.1) is 12.3 Å². The van der Waals surface area contributed by atoms with Gasteiger partial charge in [-0.3, -0.25) is 4.90 Å². The Labute approximate surface area is 79.1 Å². The maximum absolute atomic E-state index is 10.4. The summed E-state index contributed by atoms with van der Waals surface area (Å²) < 4.78 is 5.21. The molecule has 0 amide bonds. The van der Waals surface area contributed by atoms with Gasteiger partial charge in [-0.1, -0.05) is 5.92 Å². The van der Waals surface area contributed by atoms with E-state index in [0.29, 0.717) is 12.8 Å². The lowest BCUT2D eigenvalue weighted by molar-refractivity contribution is -0.109. The summed E-state index contributed by atoms with van der Waals surface area (Å²) in [5.74, 6) is 2.36. The number of carbonyl (C=O) groups is 1. The summed E-state index contributed by atoms with van der Waals surface area (Å²) >= 11 is 0. The summed E-state index contributed by atoms with van der Waals surface area (Å²) in [4.78, 5) is 12.6. The molecule has 1 rings (SSSR count). The van der Waals surface area contributed by atoms with Gasteiger partial charge in [-0.15, -0.1) is 0 Å². The Morgan fingerprint density at radius 2 is 2.23 bits per heavy atom. The Morgan fingerprint density at radius 3 is 2.77 bits per heavy atom. The Bertz CT molecular complexity index is 192. The maximum Gasteiger partial charge on any atom is 0.121 e. The molecule has 0 aliphatic carbocycles. The fourth-order valence-corrected chi connectivity index (χ4v) is 1.53. The zero-order chi connectivity index (χ0) is 9.52. The Balaban J connectivity index is 2.41. The Hall–Kier alpha value is -0.850. The van der Waals surface area contributed by atoms with E-state index in [-0.39, 0.29) is 6.04 Å². The summed E-state index contributed by atoms with van der Waals surface area (Å²) in [5.41, 5.74) is 0. The number of ether oxygens (including phenoxy) is 1. The molecule has 1 saturated heterocycles. The number of rotatable bonds is 4. The fraction of sp³-hybridized carbons (Fsp3) is 0.700. The molecule has 0 aromatic heterocycles. The zero-order valence-electron chi connectivity index (χ0n) is 7.66. The number of aldehydes is 1. The lowest BCUT2D eigenvalue weighted by atomic mass is 10.1. The van der Waals surface area contributed by atoms with Crippen LogP contribution in [-0.2, 0) is 9.53 Å². The van der Waals surface area contributed by atoms with Gasteiger partial charge in [0.15, 0.2) is 0 Å². The van der Waals surface area contributed by atoms with Crippen molar-refractivity contribution in [2.45, 2.75) is 18.9 Å². The largest absolute Gasteiger partial charge is 0.379 e. The zero-order valence-corrected chi connectivity index (χ0v) is 7.66. The van der Waals surface area contributed by atoms with Crippen LogP contribution in [0.1, 0.15) is 12.8 Å². The molecule has 1 unspecified atom stereocenters. The van der Waals surface area contributed by atoms with Crippen molar-refractivity contribution in [3.05, 3.63) is 6.42 Å². The minimum Gasteiger partial charge on any atom is -0.379 e. The third kappa shape index (κ3) is 3.17. The second-order valence-electron chi connectivity index (χ2n) is 3.09. The SMILES string of the molecule is [C]#CCC(CC=O)N1CCOCC1. The third-order valence-corrected chi connectivity index (χ3v) is 2.27. The number of nitrogens with zero attached hydrogens (tertiary/aromatic N) is 1. The molecule has 0 bridgehead atoms. The average molecular weight is 180 g/mol. The van der Waals surface area contributed by atoms with Gasteiger partial charge >= 0.3 is 0 Å². The quantitative estimate of drug-likeness (QED) is 0.459. The van der Waals surface area contributed by atoms with Crippen LogP contribution < -0.4 is 0 Å². The van der Waals surface area contributed by atoms with Crippen molar-refractivity contribution in [1.82, 2.24) is 4.90 Å². The van der Waals surface area contributed by atoms with E-state index >= 15 is 0 Å². The van der Waals surface area contributed by atoms with E-state index in [1.807, 2.05) is 0 Å². The van der Waals surface area contributed by atoms with Crippen LogP contribution in [0.15, 0.2) is 0 Å². The van der Waals surface area contributed by atoms with Crippen molar-refractivity contribution in [2.24, 2.45) is 0 Å². The first-order chi connectivity index (χ1) is 6.38. The van der Waals surface area contributed by atoms with E-state index in [0.717, 1.165) is 32.6 Å². The molecule has 0 N–H and O–H groups in total. The fourth-order valence-electron chi connectivity index (χ4n) is 1.53. The second kappa shape index (κ2) is 5.74. The first kappa shape index (κ1) is 10.2. The van der Waals surface area contributed by atoms with Crippen molar-refractivity contribution in [2.75, 3.05) is 26.3 Å². The lowest BCUT2D eigenvalue weighted by Gasteiger charge is -2.32. The van der Waals surface area contributed by atoms with E-state index in [1.165, 1.54) is 0 Å². The van der Waals surface area contributed by atoms with Crippen molar-refractivity contribution in [3.63, 3.8) is 0 Å². The molecule has 1 aliphatic heterocycles. The van der Waals surface area contributed by atoms with Gasteiger partial charge in [0, 0.05) is 32.0 Å². The molecular weight excluding hydrogens is 166 g/mol. The first-order valence-electron chi connectivity index (χ1n) is 4.53. The molecule has 0 aromatic carbocycles. The summed E-state index contributed by atoms with van der Waals surface area (Å²) in [6.07, 6.45) is 8.85. The highest BCUT2D eigenvalue weighted by atomic mass is 16.5. The van der Waals surface area contributed by atoms with Gasteiger partial charge in [-0.05, 0) is 6.42 Å². The van der Waals surface area contributed by atoms with Crippen molar-refractivity contribution >= 4 is 6.29 Å². The molecule has 1 radical (unpaired) electrons. The van der Waals surface area contributed by atoms with Crippen LogP contribution in [0.25, 0.3) is 0 Å². The minimum atomic E-state index is 0.152. The maximum atomic E-state index is 10.4. The summed E-state index contributed by atoms with van der Waals surface area (Å²) in [6, 6.07) is 0.152. The van der Waals surface area contributed by atoms with E-state index in [4.69, 9.17) is 11.2 Å². The van der Waals surface area contributed by atoms with Gasteiger partial charge in [-0.2, -0.15) is 0 Å². The summed E-state index contributed by atoms with van der Waals surface area (Å²) in [7, 11) is 0. The minimum absolute atomic E-state index is 0.152. The second-order valence-corrected chi connectivity index (χ2v) is 3.09. The van der Waals surface area contributed by atoms with E-state index in [9.17, 15) is 4.79 Å². The van der Waals surface area contributed by atoms with Crippen molar-refractivity contribution in [3.8, 4) is 5.92 Å². The smallest absolute Gasteiger partial charge is 0.121 e. The van der Waals surface area contributed by atoms with Crippen LogP contribution in [0.2, 0.25) is 0 Å². The van der Waals surface area contributed by atoms with Crippen LogP contribution in [0.4, 0.5) is 0 Å². The molecular formula is C10H14NO2. The third-order valence-electron chi connectivity index (χ3n) is 2.27. The van der Waals surface area contributed by atoms with Gasteiger partial charge in [0.2, 0.25) is 0 Å². The number of hydrogen-bond donors (Lipinski definition) is 0. The number of carbonyl (C=O) groups excluding carboxylic acids is 1. The van der Waals surface area contributed by atoms with E-state index in [2.05, 4.69) is 10.8 Å². The highest BCUT2D eigenvalue weighted by Crippen LogP contribution is 2.09. The van der Waals surface area contributed by atoms with Crippen LogP contribution >= 0.6 is 0 Å². The summed E-state index contributed by atoms with van der Waals surface area (Å²) in [5, 5.41) is 0. The molecule has 0 saturated carbocycles. The van der Waals surface area contributed by atoms with E-state index in [1.54, 1.807) is 0 Å². The average Bonchev–Trinajstić information content (AvgIpc) is 2.19. The summed E-state index contributed by atoms with van der Waals surface area (Å²) in [6.45, 7) is 3.18. The highest BCUT2D eigenvalue weighted by Gasteiger charge is 2.19. The monoisotopic (exact) mass is 180 g/mol. The molecule has 1 atom stereocenters. The highest BCUT2D eigenvalue weighted by molar-refractivity contribution is 5.50. The van der Waals surface area contributed by atoms with Gasteiger partial charge in [0.1, 0.15) is 6.29 Å². The Kier molecular flexibility index (Phi) is 4.52. The van der Waals surface area contributed by atoms with Gasteiger partial charge in [0.05, 0.1) is 13.2 Å². The van der Waals surface area contributed by atoms with Crippen molar-refractivity contribution in [1.29, 1.82) is 0 Å². The first-order valence-corrected chi connectivity index (χ1v) is 4.53. The topological polar surface area (TPSA) is 29.5 Å². The standard InChI is InChI=1S/C10H14NO2/c1-2-3-10(4-7-12)11-5-8-13-9-6-11/h7,10H,3-6,8-9H2. The molecule has 1 fully saturated rings. The predicted octanol–water partition coefficient (Wildman–Crippen LogP) is 0.256. The van der Waals surface area contributed by atoms with Gasteiger partial charge in [0.25, 0.3) is 0 Å². The van der Waals surface area contributed by atoms with Crippen molar-refractivity contribution < 1.29 is 9.53 Å². The molecule has 71 valence electrons. The molecule has 0 aromatic rings. The van der Waals surface area contributed by atoms with Gasteiger partial charge < -0.3 is 9.53 Å². The number of morpholine rings is 1. The Morgan fingerprint density at radius 1 is 1.54 bits per heavy atom. The number of hydrogen-bond acceptors (Lipinski definition) is 3. The molecule has 3 heteroatoms. The molecule has 13 heavy (non-hydrogen) atoms. The lowest BCUT2D eigenvalue weighted by Crippen LogP contribution is -2.43. The molecule has 0 spiro atoms. The molecule has 1 aliphatic rings. The normalized spacial score (nSPS) is 20.5. The molecule has 3 nitrogen and oxygen atoms in total. The predicted molar refractivity (Wildman–Crippen MR) is 48.6 cm³/mol. The van der Waals surface area contributed by atoms with Crippen LogP contribution in [0.5, 0.6) is 0 Å². The van der Waals surface area contributed by atoms with Gasteiger partial charge in [-0.25, -0.2) is 0 Å². The van der Waals surface area contributed by atoms with E-state index < -0.39 is 0 Å². The van der Waals surface area contributed by atoms with Crippen LogP contribution in [0.3, 0.4) is 0 Å². The molecule has 1 heterocycles.